The second-order valence-corrected chi connectivity index (χ2v) is 7.27. The molecule has 0 bridgehead atoms. The molecule has 1 unspecified atom stereocenters. The third-order valence-corrected chi connectivity index (χ3v) is 6.03. The van der Waals surface area contributed by atoms with Gasteiger partial charge in [0.1, 0.15) is 10.5 Å². The Hall–Kier alpha value is -0.520. The van der Waals surface area contributed by atoms with Crippen LogP contribution in [0.25, 0.3) is 0 Å². The van der Waals surface area contributed by atoms with Crippen molar-refractivity contribution in [3.8, 4) is 0 Å². The first kappa shape index (κ1) is 12.2. The Morgan fingerprint density at radius 1 is 1.37 bits per heavy atom. The average molecular weight is 279 g/mol. The topological polar surface area (TPSA) is 38.2 Å². The first-order valence-electron chi connectivity index (χ1n) is 7.44. The van der Waals surface area contributed by atoms with Gasteiger partial charge >= 0.3 is 0 Å². The van der Waals surface area contributed by atoms with E-state index in [4.69, 9.17) is 4.74 Å². The van der Waals surface area contributed by atoms with Gasteiger partial charge in [-0.2, -0.15) is 0 Å². The normalized spacial score (nSPS) is 31.1. The van der Waals surface area contributed by atoms with Crippen LogP contribution in [0.3, 0.4) is 0 Å². The van der Waals surface area contributed by atoms with Crippen molar-refractivity contribution in [3.05, 3.63) is 10.5 Å². The van der Waals surface area contributed by atoms with Gasteiger partial charge in [0.2, 0.25) is 0 Å². The third-order valence-electron chi connectivity index (χ3n) is 5.34. The van der Waals surface area contributed by atoms with Gasteiger partial charge in [-0.1, -0.05) is 6.42 Å². The molecule has 0 N–H and O–H groups in total. The van der Waals surface area contributed by atoms with Crippen LogP contribution in [0.1, 0.15) is 37.1 Å². The molecular weight excluding hydrogens is 258 g/mol. The van der Waals surface area contributed by atoms with E-state index in [-0.39, 0.29) is 0 Å². The molecule has 1 aliphatic carbocycles. The molecule has 1 atom stereocenters. The molecule has 3 fully saturated rings. The molecule has 0 aromatic carbocycles. The van der Waals surface area contributed by atoms with Crippen molar-refractivity contribution in [2.45, 2.75) is 44.7 Å². The maximum absolute atomic E-state index is 5.54. The number of likely N-dealkylation sites (tertiary alicyclic amines) is 1. The number of aromatic nitrogens is 2. The van der Waals surface area contributed by atoms with E-state index in [9.17, 15) is 0 Å². The number of rotatable bonds is 3. The SMILES string of the molecule is c1nnc(CN2CC3(CCC3)C2C2CCOCC2)s1. The lowest BCUT2D eigenvalue weighted by molar-refractivity contribution is -0.166. The number of nitrogens with zero attached hydrogens (tertiary/aromatic N) is 3. The minimum Gasteiger partial charge on any atom is -0.381 e. The summed E-state index contributed by atoms with van der Waals surface area (Å²) in [5.74, 6) is 0.843. The second kappa shape index (κ2) is 4.79. The largest absolute Gasteiger partial charge is 0.381 e. The Labute approximate surface area is 118 Å². The van der Waals surface area contributed by atoms with Crippen LogP contribution in [-0.4, -0.2) is 40.9 Å². The Balaban J connectivity index is 1.48. The highest BCUT2D eigenvalue weighted by atomic mass is 32.1. The second-order valence-electron chi connectivity index (χ2n) is 6.35. The zero-order valence-electron chi connectivity index (χ0n) is 11.3. The van der Waals surface area contributed by atoms with Gasteiger partial charge in [0.25, 0.3) is 0 Å². The molecule has 3 heterocycles. The minimum absolute atomic E-state index is 0.659. The van der Waals surface area contributed by atoms with Gasteiger partial charge in [-0.25, -0.2) is 0 Å². The minimum atomic E-state index is 0.659. The van der Waals surface area contributed by atoms with Crippen LogP contribution in [0.4, 0.5) is 0 Å². The van der Waals surface area contributed by atoms with Gasteiger partial charge < -0.3 is 4.74 Å². The van der Waals surface area contributed by atoms with Crippen molar-refractivity contribution in [3.63, 3.8) is 0 Å². The summed E-state index contributed by atoms with van der Waals surface area (Å²) in [7, 11) is 0. The summed E-state index contributed by atoms with van der Waals surface area (Å²) >= 11 is 1.69. The van der Waals surface area contributed by atoms with E-state index >= 15 is 0 Å². The number of hydrogen-bond acceptors (Lipinski definition) is 5. The fourth-order valence-electron chi connectivity index (χ4n) is 4.38. The molecule has 2 aliphatic heterocycles. The van der Waals surface area contributed by atoms with Gasteiger partial charge in [0.15, 0.2) is 0 Å². The lowest BCUT2D eigenvalue weighted by Gasteiger charge is -2.65. The summed E-state index contributed by atoms with van der Waals surface area (Å²) < 4.78 is 5.54. The summed E-state index contributed by atoms with van der Waals surface area (Å²) in [6, 6.07) is 0.786. The average Bonchev–Trinajstić information content (AvgIpc) is 2.86. The highest BCUT2D eigenvalue weighted by molar-refractivity contribution is 7.09. The molecule has 1 spiro atoms. The van der Waals surface area contributed by atoms with Crippen molar-refractivity contribution in [1.29, 1.82) is 0 Å². The predicted octanol–water partition coefficient (Wildman–Crippen LogP) is 2.32. The van der Waals surface area contributed by atoms with E-state index in [0.29, 0.717) is 5.41 Å². The summed E-state index contributed by atoms with van der Waals surface area (Å²) in [5, 5.41) is 9.35. The molecule has 1 aromatic heterocycles. The van der Waals surface area contributed by atoms with Crippen molar-refractivity contribution in [1.82, 2.24) is 15.1 Å². The molecule has 1 aromatic rings. The van der Waals surface area contributed by atoms with E-state index in [0.717, 1.165) is 31.7 Å². The van der Waals surface area contributed by atoms with Crippen LogP contribution < -0.4 is 0 Å². The Kier molecular flexibility index (Phi) is 3.09. The fraction of sp³-hybridized carbons (Fsp3) is 0.857. The Bertz CT molecular complexity index is 426. The smallest absolute Gasteiger partial charge is 0.131 e. The quantitative estimate of drug-likeness (QED) is 0.851. The van der Waals surface area contributed by atoms with Crippen molar-refractivity contribution in [2.75, 3.05) is 19.8 Å². The Morgan fingerprint density at radius 2 is 2.21 bits per heavy atom. The molecule has 0 radical (unpaired) electrons. The Morgan fingerprint density at radius 3 is 2.84 bits per heavy atom. The van der Waals surface area contributed by atoms with Gasteiger partial charge in [0, 0.05) is 25.8 Å². The molecule has 0 amide bonds. The van der Waals surface area contributed by atoms with Gasteiger partial charge in [-0.05, 0) is 37.0 Å². The van der Waals surface area contributed by atoms with Gasteiger partial charge in [0.05, 0.1) is 6.54 Å². The van der Waals surface area contributed by atoms with E-state index in [1.807, 2.05) is 5.51 Å². The van der Waals surface area contributed by atoms with Crippen LogP contribution in [0.2, 0.25) is 0 Å². The molecule has 19 heavy (non-hydrogen) atoms. The fourth-order valence-corrected chi connectivity index (χ4v) is 4.93. The molecule has 3 aliphatic rings. The standard InChI is InChI=1S/C14H21N3OS/c1-4-14(5-1)9-17(8-12-16-15-10-19-12)13(14)11-2-6-18-7-3-11/h10-11,13H,1-9H2. The zero-order chi connectivity index (χ0) is 12.7. The van der Waals surface area contributed by atoms with E-state index in [1.54, 1.807) is 11.3 Å². The molecule has 4 nitrogen and oxygen atoms in total. The number of ether oxygens (including phenoxy) is 1. The highest BCUT2D eigenvalue weighted by Crippen LogP contribution is 2.56. The van der Waals surface area contributed by atoms with Crippen LogP contribution in [0.15, 0.2) is 5.51 Å². The van der Waals surface area contributed by atoms with Crippen LogP contribution in [0.5, 0.6) is 0 Å². The molecule has 104 valence electrons. The first-order chi connectivity index (χ1) is 9.37. The summed E-state index contributed by atoms with van der Waals surface area (Å²) in [5.41, 5.74) is 2.50. The van der Waals surface area contributed by atoms with E-state index < -0.39 is 0 Å². The maximum Gasteiger partial charge on any atom is 0.131 e. The number of hydrogen-bond donors (Lipinski definition) is 0. The van der Waals surface area contributed by atoms with Crippen molar-refractivity contribution in [2.24, 2.45) is 11.3 Å². The van der Waals surface area contributed by atoms with Crippen LogP contribution >= 0.6 is 11.3 Å². The summed E-state index contributed by atoms with van der Waals surface area (Å²) in [6.45, 7) is 4.22. The van der Waals surface area contributed by atoms with Crippen molar-refractivity contribution < 1.29 is 4.74 Å². The lowest BCUT2D eigenvalue weighted by Crippen LogP contribution is -2.69. The molecule has 2 saturated heterocycles. The molecule has 5 heteroatoms. The first-order valence-corrected chi connectivity index (χ1v) is 8.32. The zero-order valence-corrected chi connectivity index (χ0v) is 12.1. The van der Waals surface area contributed by atoms with Crippen LogP contribution in [0, 0.1) is 11.3 Å². The molecule has 1 saturated carbocycles. The van der Waals surface area contributed by atoms with Gasteiger partial charge in [-0.15, -0.1) is 21.5 Å². The van der Waals surface area contributed by atoms with E-state index in [2.05, 4.69) is 15.1 Å². The molecule has 4 rings (SSSR count). The van der Waals surface area contributed by atoms with Crippen LogP contribution in [-0.2, 0) is 11.3 Å². The van der Waals surface area contributed by atoms with E-state index in [1.165, 1.54) is 43.7 Å². The predicted molar refractivity (Wildman–Crippen MR) is 73.9 cm³/mol. The summed E-state index contributed by atoms with van der Waals surface area (Å²) in [4.78, 5) is 2.66. The van der Waals surface area contributed by atoms with Crippen molar-refractivity contribution >= 4 is 11.3 Å². The molecular formula is C14H21N3OS. The maximum atomic E-state index is 5.54. The lowest BCUT2D eigenvalue weighted by atomic mass is 9.54. The monoisotopic (exact) mass is 279 g/mol. The highest BCUT2D eigenvalue weighted by Gasteiger charge is 2.57. The van der Waals surface area contributed by atoms with Gasteiger partial charge in [-0.3, -0.25) is 4.90 Å². The summed E-state index contributed by atoms with van der Waals surface area (Å²) in [6.07, 6.45) is 6.83. The third kappa shape index (κ3) is 2.03.